The van der Waals surface area contributed by atoms with Gasteiger partial charge in [0, 0.05) is 24.9 Å². The van der Waals surface area contributed by atoms with E-state index >= 15 is 0 Å². The van der Waals surface area contributed by atoms with E-state index in [0.717, 1.165) is 6.42 Å². The monoisotopic (exact) mass is 418 g/mol. The van der Waals surface area contributed by atoms with Crippen LogP contribution in [-0.2, 0) is 25.3 Å². The molecule has 1 aliphatic carbocycles. The maximum absolute atomic E-state index is 11.9. The summed E-state index contributed by atoms with van der Waals surface area (Å²) in [7, 11) is -1.95. The molecule has 0 bridgehead atoms. The summed E-state index contributed by atoms with van der Waals surface area (Å²) in [5.41, 5.74) is 2.82. The van der Waals surface area contributed by atoms with E-state index in [1.165, 1.54) is 5.56 Å². The zero-order chi connectivity index (χ0) is 21.2. The third kappa shape index (κ3) is 4.62. The molecular formula is C24H38O4Si. The fourth-order valence-corrected chi connectivity index (χ4v) is 11.4. The van der Waals surface area contributed by atoms with Crippen LogP contribution in [0.4, 0.5) is 0 Å². The van der Waals surface area contributed by atoms with Crippen molar-refractivity contribution in [2.75, 3.05) is 6.61 Å². The smallest absolute Gasteiger partial charge is 0.306 e. The molecule has 2 fully saturated rings. The molecule has 1 saturated heterocycles. The van der Waals surface area contributed by atoms with E-state index in [0.29, 0.717) is 36.3 Å². The van der Waals surface area contributed by atoms with Gasteiger partial charge in [-0.2, -0.15) is 0 Å². The second kappa shape index (κ2) is 9.32. The minimum absolute atomic E-state index is 0.00918. The molecule has 0 aromatic heterocycles. The number of hydrogen-bond acceptors (Lipinski definition) is 4. The summed E-state index contributed by atoms with van der Waals surface area (Å²) in [6.07, 6.45) is 1.36. The lowest BCUT2D eigenvalue weighted by Crippen LogP contribution is -2.49. The van der Waals surface area contributed by atoms with Crippen LogP contribution >= 0.6 is 0 Å². The van der Waals surface area contributed by atoms with E-state index in [1.54, 1.807) is 0 Å². The number of fused-ring (bicyclic) bond motifs is 1. The molecule has 1 heterocycles. The van der Waals surface area contributed by atoms with Gasteiger partial charge in [-0.15, -0.1) is 0 Å². The first-order valence-electron chi connectivity index (χ1n) is 11.2. The molecule has 1 aliphatic heterocycles. The van der Waals surface area contributed by atoms with Gasteiger partial charge in [0.15, 0.2) is 8.32 Å². The Morgan fingerprint density at radius 2 is 1.66 bits per heavy atom. The first-order chi connectivity index (χ1) is 13.8. The molecule has 0 amide bonds. The molecule has 4 nitrogen and oxygen atoms in total. The Labute approximate surface area is 177 Å². The van der Waals surface area contributed by atoms with Crippen LogP contribution in [0.5, 0.6) is 0 Å². The fourth-order valence-electron chi connectivity index (χ4n) is 5.90. The van der Waals surface area contributed by atoms with Crippen molar-refractivity contribution in [1.29, 1.82) is 0 Å². The molecule has 2 aliphatic rings. The van der Waals surface area contributed by atoms with Crippen LogP contribution in [0.3, 0.4) is 0 Å². The molecule has 0 spiro atoms. The highest BCUT2D eigenvalue weighted by atomic mass is 28.4. The van der Waals surface area contributed by atoms with Crippen molar-refractivity contribution < 1.29 is 18.7 Å². The van der Waals surface area contributed by atoms with Crippen LogP contribution in [0.2, 0.25) is 16.6 Å². The number of hydrogen-bond donors (Lipinski definition) is 0. The quantitative estimate of drug-likeness (QED) is 0.380. The number of esters is 1. The third-order valence-electron chi connectivity index (χ3n) is 7.19. The van der Waals surface area contributed by atoms with Gasteiger partial charge < -0.3 is 13.9 Å². The van der Waals surface area contributed by atoms with Crippen LogP contribution in [0.25, 0.3) is 0 Å². The highest BCUT2D eigenvalue weighted by Crippen LogP contribution is 2.46. The van der Waals surface area contributed by atoms with Crippen LogP contribution in [0.15, 0.2) is 30.3 Å². The lowest BCUT2D eigenvalue weighted by molar-refractivity contribution is -0.142. The molecule has 1 aromatic carbocycles. The Bertz CT molecular complexity index is 651. The van der Waals surface area contributed by atoms with Crippen molar-refractivity contribution >= 4 is 14.3 Å². The summed E-state index contributed by atoms with van der Waals surface area (Å²) < 4.78 is 18.9. The minimum Gasteiger partial charge on any atom is -0.462 e. The van der Waals surface area contributed by atoms with Crippen molar-refractivity contribution in [2.24, 2.45) is 11.8 Å². The molecule has 1 aromatic rings. The molecule has 162 valence electrons. The Morgan fingerprint density at radius 1 is 1.03 bits per heavy atom. The second-order valence-electron chi connectivity index (χ2n) is 9.76. The zero-order valence-corrected chi connectivity index (χ0v) is 19.9. The summed E-state index contributed by atoms with van der Waals surface area (Å²) in [6, 6.07) is 10.3. The predicted molar refractivity (Wildman–Crippen MR) is 118 cm³/mol. The first-order valence-corrected chi connectivity index (χ1v) is 13.4. The van der Waals surface area contributed by atoms with Crippen LogP contribution in [0, 0.1) is 11.8 Å². The molecule has 4 atom stereocenters. The highest BCUT2D eigenvalue weighted by Gasteiger charge is 2.52. The number of rotatable bonds is 9. The number of ether oxygens (including phenoxy) is 2. The molecule has 0 radical (unpaired) electrons. The highest BCUT2D eigenvalue weighted by molar-refractivity contribution is 6.77. The maximum atomic E-state index is 11.9. The van der Waals surface area contributed by atoms with Gasteiger partial charge >= 0.3 is 5.97 Å². The van der Waals surface area contributed by atoms with Crippen molar-refractivity contribution in [3.8, 4) is 0 Å². The van der Waals surface area contributed by atoms with Crippen molar-refractivity contribution in [3.05, 3.63) is 35.9 Å². The standard InChI is InChI=1S/C24H38O4Si/c1-16(2)29(17(3)4,18(5)6)27-15-21-20-12-24(25)28-23(20)13-22(21)26-14-19-10-8-7-9-11-19/h7-11,16-18,20-23H,12-15H2,1-6H3/t20?,21?,22-,23+/m1/s1. The minimum atomic E-state index is -1.95. The fraction of sp³-hybridized carbons (Fsp3) is 0.708. The number of benzene rings is 1. The topological polar surface area (TPSA) is 44.8 Å². The van der Waals surface area contributed by atoms with E-state index in [2.05, 4.69) is 53.7 Å². The Balaban J connectivity index is 1.74. The van der Waals surface area contributed by atoms with E-state index in [1.807, 2.05) is 18.2 Å². The van der Waals surface area contributed by atoms with Gasteiger partial charge in [-0.05, 0) is 22.2 Å². The first kappa shape index (κ1) is 22.5. The summed E-state index contributed by atoms with van der Waals surface area (Å²) in [5.74, 6) is 0.381. The van der Waals surface area contributed by atoms with E-state index in [-0.39, 0.29) is 30.0 Å². The molecule has 1 saturated carbocycles. The molecule has 2 unspecified atom stereocenters. The zero-order valence-electron chi connectivity index (χ0n) is 18.9. The Hall–Kier alpha value is -1.17. The van der Waals surface area contributed by atoms with Gasteiger partial charge in [0.1, 0.15) is 6.10 Å². The van der Waals surface area contributed by atoms with Crippen molar-refractivity contribution in [2.45, 2.75) is 89.8 Å². The van der Waals surface area contributed by atoms with Gasteiger partial charge in [-0.25, -0.2) is 0 Å². The van der Waals surface area contributed by atoms with E-state index in [4.69, 9.17) is 13.9 Å². The normalized spacial score (nSPS) is 27.1. The van der Waals surface area contributed by atoms with Crippen LogP contribution < -0.4 is 0 Å². The third-order valence-corrected chi connectivity index (χ3v) is 13.3. The van der Waals surface area contributed by atoms with Crippen LogP contribution in [-0.4, -0.2) is 33.1 Å². The van der Waals surface area contributed by atoms with Crippen LogP contribution in [0.1, 0.15) is 59.9 Å². The van der Waals surface area contributed by atoms with Gasteiger partial charge in [-0.1, -0.05) is 71.9 Å². The average Bonchev–Trinajstić information content (AvgIpc) is 3.16. The van der Waals surface area contributed by atoms with Gasteiger partial charge in [0.25, 0.3) is 0 Å². The van der Waals surface area contributed by atoms with E-state index < -0.39 is 8.32 Å². The van der Waals surface area contributed by atoms with Crippen molar-refractivity contribution in [1.82, 2.24) is 0 Å². The largest absolute Gasteiger partial charge is 0.462 e. The lowest BCUT2D eigenvalue weighted by Gasteiger charge is -2.43. The van der Waals surface area contributed by atoms with Gasteiger partial charge in [-0.3, -0.25) is 4.79 Å². The summed E-state index contributed by atoms with van der Waals surface area (Å²) >= 11 is 0. The molecule has 3 rings (SSSR count). The SMILES string of the molecule is CC(C)[Si](OCC1C2CC(=O)O[C@H]2C[C@H]1OCc1ccccc1)(C(C)C)C(C)C. The molecule has 0 N–H and O–H groups in total. The Kier molecular flexibility index (Phi) is 7.23. The van der Waals surface area contributed by atoms with E-state index in [9.17, 15) is 4.79 Å². The maximum Gasteiger partial charge on any atom is 0.306 e. The number of carbonyl (C=O) groups excluding carboxylic acids is 1. The van der Waals surface area contributed by atoms with Gasteiger partial charge in [0.2, 0.25) is 0 Å². The van der Waals surface area contributed by atoms with Crippen molar-refractivity contribution in [3.63, 3.8) is 0 Å². The summed E-state index contributed by atoms with van der Waals surface area (Å²) in [6.45, 7) is 15.2. The predicted octanol–water partition coefficient (Wildman–Crippen LogP) is 5.72. The van der Waals surface area contributed by atoms with Gasteiger partial charge in [0.05, 0.1) is 19.1 Å². The molecule has 29 heavy (non-hydrogen) atoms. The summed E-state index contributed by atoms with van der Waals surface area (Å²) in [5, 5.41) is 0. The molecular weight excluding hydrogens is 380 g/mol. The Morgan fingerprint density at radius 3 is 2.24 bits per heavy atom. The average molecular weight is 419 g/mol. The number of carbonyl (C=O) groups is 1. The second-order valence-corrected chi connectivity index (χ2v) is 15.2. The molecule has 5 heteroatoms. The summed E-state index contributed by atoms with van der Waals surface area (Å²) in [4.78, 5) is 11.9. The lowest BCUT2D eigenvalue weighted by atomic mass is 9.93.